The molecule has 32 heavy (non-hydrogen) atoms. The molecule has 1 aromatic carbocycles. The van der Waals surface area contributed by atoms with Crippen molar-refractivity contribution in [3.05, 3.63) is 35.7 Å². The molecule has 3 aliphatic carbocycles. The number of aliphatic hydroxyl groups is 1. The summed E-state index contributed by atoms with van der Waals surface area (Å²) in [5.74, 6) is 0.918. The van der Waals surface area contributed by atoms with Crippen LogP contribution >= 0.6 is 11.6 Å². The number of nitrogens with zero attached hydrogens (tertiary/aromatic N) is 6. The Morgan fingerprint density at radius 2 is 1.88 bits per heavy atom. The van der Waals surface area contributed by atoms with E-state index >= 15 is 0 Å². The Labute approximate surface area is 191 Å². The molecule has 168 valence electrons. The molecule has 2 aromatic heterocycles. The Hall–Kier alpha value is -2.13. The molecule has 8 rings (SSSR count). The summed E-state index contributed by atoms with van der Waals surface area (Å²) in [5.41, 5.74) is 3.06. The number of piperazine rings is 1. The standard InChI is InChI=1S/C23H27ClN6O2/c1-22(14-32-21(22)31)28-4-2-27(3-5-28)20-7-19-16(6-18(20)24)11-26-30(19)17-12-25-29(13-17)23-8-15(9-23)10-23/h6-7,11-13,15,21,31H,2-5,8-10,14H2,1H3/t15?,21-,22-,23?/m0/s1. The highest BCUT2D eigenvalue weighted by Gasteiger charge is 2.58. The van der Waals surface area contributed by atoms with E-state index in [1.54, 1.807) is 0 Å². The maximum atomic E-state index is 10.0. The van der Waals surface area contributed by atoms with Crippen LogP contribution in [0.4, 0.5) is 5.69 Å². The van der Waals surface area contributed by atoms with E-state index in [4.69, 9.17) is 16.3 Å². The molecule has 5 fully saturated rings. The van der Waals surface area contributed by atoms with Crippen molar-refractivity contribution in [1.29, 1.82) is 0 Å². The second-order valence-corrected chi connectivity index (χ2v) is 10.7. The van der Waals surface area contributed by atoms with Crippen molar-refractivity contribution in [2.45, 2.75) is 43.6 Å². The highest BCUT2D eigenvalue weighted by Crippen LogP contribution is 2.62. The van der Waals surface area contributed by atoms with Crippen molar-refractivity contribution < 1.29 is 9.84 Å². The number of hydrogen-bond donors (Lipinski definition) is 1. The van der Waals surface area contributed by atoms with Crippen LogP contribution in [0.25, 0.3) is 16.6 Å². The molecule has 4 heterocycles. The predicted octanol–water partition coefficient (Wildman–Crippen LogP) is 2.61. The van der Waals surface area contributed by atoms with Gasteiger partial charge in [-0.15, -0.1) is 0 Å². The van der Waals surface area contributed by atoms with Gasteiger partial charge in [0.1, 0.15) is 5.69 Å². The number of benzene rings is 1. The number of anilines is 1. The van der Waals surface area contributed by atoms with Gasteiger partial charge in [-0.3, -0.25) is 9.58 Å². The van der Waals surface area contributed by atoms with Crippen LogP contribution in [-0.2, 0) is 10.3 Å². The summed E-state index contributed by atoms with van der Waals surface area (Å²) in [5, 5.41) is 21.1. The third-order valence-electron chi connectivity index (χ3n) is 8.35. The van der Waals surface area contributed by atoms with Gasteiger partial charge in [0, 0.05) is 31.6 Å². The smallest absolute Gasteiger partial charge is 0.175 e. The summed E-state index contributed by atoms with van der Waals surface area (Å²) < 4.78 is 9.36. The van der Waals surface area contributed by atoms with Crippen molar-refractivity contribution in [2.75, 3.05) is 37.7 Å². The maximum Gasteiger partial charge on any atom is 0.175 e. The van der Waals surface area contributed by atoms with Gasteiger partial charge in [-0.2, -0.15) is 10.2 Å². The Balaban J connectivity index is 1.17. The largest absolute Gasteiger partial charge is 0.368 e. The molecule has 2 bridgehead atoms. The van der Waals surface area contributed by atoms with Gasteiger partial charge in [0.25, 0.3) is 0 Å². The molecule has 5 aliphatic rings. The quantitative estimate of drug-likeness (QED) is 0.653. The first kappa shape index (κ1) is 19.3. The summed E-state index contributed by atoms with van der Waals surface area (Å²) in [6.07, 6.45) is 9.04. The summed E-state index contributed by atoms with van der Waals surface area (Å²) in [6.45, 7) is 6.07. The molecule has 0 amide bonds. The van der Waals surface area contributed by atoms with Crippen LogP contribution in [0, 0.1) is 5.92 Å². The molecule has 9 heteroatoms. The normalized spacial score (nSPS) is 34.3. The number of fused-ring (bicyclic) bond motifs is 1. The van der Waals surface area contributed by atoms with Crippen molar-refractivity contribution in [3.63, 3.8) is 0 Å². The average Bonchev–Trinajstić information content (AvgIpc) is 3.36. The van der Waals surface area contributed by atoms with Crippen molar-refractivity contribution in [1.82, 2.24) is 24.5 Å². The second-order valence-electron chi connectivity index (χ2n) is 10.3. The van der Waals surface area contributed by atoms with Crippen LogP contribution in [0.5, 0.6) is 0 Å². The van der Waals surface area contributed by atoms with Gasteiger partial charge in [-0.05, 0) is 44.2 Å². The SMILES string of the molecule is C[C@]1(N2CCN(c3cc4c(cnn4-c4cnn(C56CC(C5)C6)c4)cc3Cl)CC2)CO[C@@H]1O. The topological polar surface area (TPSA) is 71.6 Å². The lowest BCUT2D eigenvalue weighted by molar-refractivity contribution is -0.286. The van der Waals surface area contributed by atoms with Crippen LogP contribution in [0.3, 0.4) is 0 Å². The van der Waals surface area contributed by atoms with Gasteiger partial charge in [-0.1, -0.05) is 11.6 Å². The van der Waals surface area contributed by atoms with E-state index in [1.165, 1.54) is 19.3 Å². The fourth-order valence-corrected chi connectivity index (χ4v) is 6.27. The zero-order valence-corrected chi connectivity index (χ0v) is 18.9. The number of halogens is 1. The molecule has 1 N–H and O–H groups in total. The Kier molecular flexibility index (Phi) is 3.91. The molecular weight excluding hydrogens is 428 g/mol. The van der Waals surface area contributed by atoms with Gasteiger partial charge in [0.2, 0.25) is 0 Å². The van der Waals surface area contributed by atoms with Crippen LogP contribution in [0.15, 0.2) is 30.7 Å². The monoisotopic (exact) mass is 454 g/mol. The number of ether oxygens (including phenoxy) is 1. The van der Waals surface area contributed by atoms with Gasteiger partial charge in [-0.25, -0.2) is 4.68 Å². The van der Waals surface area contributed by atoms with Gasteiger partial charge in [0.05, 0.1) is 52.5 Å². The van der Waals surface area contributed by atoms with Crippen molar-refractivity contribution in [2.24, 2.45) is 5.92 Å². The first-order chi connectivity index (χ1) is 15.5. The molecule has 2 saturated heterocycles. The highest BCUT2D eigenvalue weighted by molar-refractivity contribution is 6.34. The Morgan fingerprint density at radius 3 is 2.50 bits per heavy atom. The van der Waals surface area contributed by atoms with Crippen molar-refractivity contribution in [3.8, 4) is 5.69 Å². The number of aromatic nitrogens is 4. The lowest BCUT2D eigenvalue weighted by Crippen LogP contribution is -2.69. The molecule has 0 spiro atoms. The minimum atomic E-state index is -0.699. The summed E-state index contributed by atoms with van der Waals surface area (Å²) in [4.78, 5) is 4.66. The molecule has 3 aromatic rings. The average molecular weight is 455 g/mol. The van der Waals surface area contributed by atoms with Crippen LogP contribution in [0.1, 0.15) is 26.2 Å². The molecular formula is C23H27ClN6O2. The second kappa shape index (κ2) is 6.47. The van der Waals surface area contributed by atoms with Crippen molar-refractivity contribution >= 4 is 28.2 Å². The van der Waals surface area contributed by atoms with Gasteiger partial charge < -0.3 is 14.7 Å². The first-order valence-corrected chi connectivity index (χ1v) is 11.9. The van der Waals surface area contributed by atoms with E-state index in [0.29, 0.717) is 6.61 Å². The minimum absolute atomic E-state index is 0.274. The zero-order valence-electron chi connectivity index (χ0n) is 18.1. The summed E-state index contributed by atoms with van der Waals surface area (Å²) >= 11 is 6.71. The third-order valence-corrected chi connectivity index (χ3v) is 8.65. The molecule has 3 saturated carbocycles. The number of rotatable bonds is 4. The maximum absolute atomic E-state index is 10.0. The fourth-order valence-electron chi connectivity index (χ4n) is 5.98. The highest BCUT2D eigenvalue weighted by atomic mass is 35.5. The molecule has 0 unspecified atom stereocenters. The third kappa shape index (κ3) is 2.55. The van der Waals surface area contributed by atoms with Crippen LogP contribution in [0.2, 0.25) is 5.02 Å². The van der Waals surface area contributed by atoms with Crippen LogP contribution < -0.4 is 4.90 Å². The molecule has 0 radical (unpaired) electrons. The van der Waals surface area contributed by atoms with Gasteiger partial charge in [0.15, 0.2) is 6.29 Å². The van der Waals surface area contributed by atoms with E-state index < -0.39 is 6.29 Å². The van der Waals surface area contributed by atoms with E-state index in [1.807, 2.05) is 23.1 Å². The number of aliphatic hydroxyl groups excluding tert-OH is 1. The number of hydrogen-bond acceptors (Lipinski definition) is 6. The Bertz CT molecular complexity index is 1200. The first-order valence-electron chi connectivity index (χ1n) is 11.5. The van der Waals surface area contributed by atoms with E-state index in [0.717, 1.165) is 59.4 Å². The Morgan fingerprint density at radius 1 is 1.09 bits per heavy atom. The fraction of sp³-hybridized carbons (Fsp3) is 0.565. The molecule has 8 nitrogen and oxygen atoms in total. The summed E-state index contributed by atoms with van der Waals surface area (Å²) in [6, 6.07) is 4.17. The minimum Gasteiger partial charge on any atom is -0.368 e. The lowest BCUT2D eigenvalue weighted by atomic mass is 9.50. The van der Waals surface area contributed by atoms with E-state index in [2.05, 4.69) is 43.9 Å². The van der Waals surface area contributed by atoms with Crippen LogP contribution in [-0.4, -0.2) is 74.2 Å². The van der Waals surface area contributed by atoms with Gasteiger partial charge >= 0.3 is 0 Å². The zero-order chi connectivity index (χ0) is 21.7. The molecule has 2 aliphatic heterocycles. The predicted molar refractivity (Wildman–Crippen MR) is 121 cm³/mol. The molecule has 2 atom stereocenters. The van der Waals surface area contributed by atoms with E-state index in [-0.39, 0.29) is 11.1 Å². The van der Waals surface area contributed by atoms with E-state index in [9.17, 15) is 5.11 Å². The lowest BCUT2D eigenvalue weighted by Gasteiger charge is -2.61. The summed E-state index contributed by atoms with van der Waals surface area (Å²) in [7, 11) is 0.